The Balaban J connectivity index is 1.68. The second-order valence-corrected chi connectivity index (χ2v) is 8.39. The minimum atomic E-state index is -4.55. The van der Waals surface area contributed by atoms with Gasteiger partial charge in [0.05, 0.1) is 16.3 Å². The Labute approximate surface area is 203 Å². The molecule has 1 N–H and O–H groups in total. The average Bonchev–Trinajstić information content (AvgIpc) is 2.79. The molecule has 3 aromatic rings. The zero-order chi connectivity index (χ0) is 25.8. The second kappa shape index (κ2) is 10.9. The van der Waals surface area contributed by atoms with Crippen LogP contribution in [0.25, 0.3) is 0 Å². The molecule has 0 radical (unpaired) electrons. The van der Waals surface area contributed by atoms with E-state index in [-0.39, 0.29) is 34.7 Å². The third kappa shape index (κ3) is 7.08. The van der Waals surface area contributed by atoms with E-state index >= 15 is 0 Å². The van der Waals surface area contributed by atoms with Crippen LogP contribution in [0.15, 0.2) is 60.7 Å². The first-order valence-electron chi connectivity index (χ1n) is 10.5. The van der Waals surface area contributed by atoms with E-state index in [2.05, 4.69) is 5.32 Å². The van der Waals surface area contributed by atoms with E-state index < -0.39 is 35.4 Å². The smallest absolute Gasteiger partial charge is 0.416 e. The summed E-state index contributed by atoms with van der Waals surface area (Å²) in [6.45, 7) is 3.23. The molecular weight excluding hydrogens is 493 g/mol. The molecule has 0 saturated carbocycles. The van der Waals surface area contributed by atoms with Gasteiger partial charge in [0.25, 0.3) is 0 Å². The molecule has 0 aliphatic carbocycles. The molecule has 10 heteroatoms. The number of ether oxygens (including phenoxy) is 2. The number of nitrogens with one attached hydrogen (secondary N) is 1. The van der Waals surface area contributed by atoms with Crippen LogP contribution in [0.1, 0.15) is 25.0 Å². The van der Waals surface area contributed by atoms with Crippen molar-refractivity contribution in [1.82, 2.24) is 0 Å². The largest absolute Gasteiger partial charge is 0.459 e. The van der Waals surface area contributed by atoms with Crippen LogP contribution in [-0.4, -0.2) is 12.0 Å². The molecule has 0 aromatic heterocycles. The fraction of sp³-hybridized carbons (Fsp3) is 0.240. The van der Waals surface area contributed by atoms with Gasteiger partial charge in [0.15, 0.2) is 11.6 Å². The molecule has 35 heavy (non-hydrogen) atoms. The van der Waals surface area contributed by atoms with Crippen LogP contribution in [-0.2, 0) is 22.3 Å². The highest BCUT2D eigenvalue weighted by atomic mass is 35.5. The molecule has 0 fully saturated rings. The number of halogens is 6. The number of hydrogen-bond acceptors (Lipinski definition) is 4. The Kier molecular flexibility index (Phi) is 8.22. The molecule has 0 bridgehead atoms. The maximum absolute atomic E-state index is 14.1. The molecule has 4 nitrogen and oxygen atoms in total. The molecule has 0 aliphatic rings. The van der Waals surface area contributed by atoms with Crippen LogP contribution in [0, 0.1) is 17.6 Å². The summed E-state index contributed by atoms with van der Waals surface area (Å²) in [6.07, 6.45) is -4.55. The van der Waals surface area contributed by atoms with Crippen molar-refractivity contribution in [3.63, 3.8) is 0 Å². The van der Waals surface area contributed by atoms with Crippen LogP contribution < -0.4 is 10.1 Å². The third-order valence-electron chi connectivity index (χ3n) is 4.95. The molecular formula is C25H21ClF5NO3. The summed E-state index contributed by atoms with van der Waals surface area (Å²) in [6, 6.07) is 10.8. The number of benzene rings is 3. The van der Waals surface area contributed by atoms with Gasteiger partial charge in [0.2, 0.25) is 0 Å². The Morgan fingerprint density at radius 1 is 1.00 bits per heavy atom. The lowest BCUT2D eigenvalue weighted by molar-refractivity contribution is -0.147. The SMILES string of the molecule is CC(C)C(Nc1ccc(C(F)(F)F)cc1Cl)C(=O)OCc1ccc(F)c(Oc2ccc(F)cc2)c1. The average molecular weight is 514 g/mol. The Morgan fingerprint density at radius 3 is 2.29 bits per heavy atom. The van der Waals surface area contributed by atoms with Gasteiger partial charge in [0.1, 0.15) is 24.2 Å². The van der Waals surface area contributed by atoms with Crippen LogP contribution in [0.5, 0.6) is 11.5 Å². The number of esters is 1. The highest BCUT2D eigenvalue weighted by molar-refractivity contribution is 6.33. The summed E-state index contributed by atoms with van der Waals surface area (Å²) in [5.41, 5.74) is -0.342. The topological polar surface area (TPSA) is 47.6 Å². The highest BCUT2D eigenvalue weighted by Gasteiger charge is 2.31. The molecule has 186 valence electrons. The van der Waals surface area contributed by atoms with E-state index in [4.69, 9.17) is 21.1 Å². The van der Waals surface area contributed by atoms with Crippen LogP contribution in [0.2, 0.25) is 5.02 Å². The standard InChI is InChI=1S/C25H21ClF5NO3/c1-14(2)23(32-21-10-4-16(12-19(21)26)25(29,30)31)24(33)34-13-15-3-9-20(28)22(11-15)35-18-7-5-17(27)6-8-18/h3-12,14,23,32H,13H2,1-2H3. The predicted molar refractivity (Wildman–Crippen MR) is 121 cm³/mol. The van der Waals surface area contributed by atoms with Gasteiger partial charge in [-0.25, -0.2) is 13.6 Å². The van der Waals surface area contributed by atoms with Crippen molar-refractivity contribution < 1.29 is 36.2 Å². The first kappa shape index (κ1) is 26.3. The Bertz CT molecular complexity index is 1180. The van der Waals surface area contributed by atoms with Crippen LogP contribution in [0.4, 0.5) is 27.6 Å². The fourth-order valence-electron chi connectivity index (χ4n) is 3.06. The molecule has 3 aromatic carbocycles. The monoisotopic (exact) mass is 513 g/mol. The quantitative estimate of drug-likeness (QED) is 0.249. The van der Waals surface area contributed by atoms with E-state index in [1.807, 2.05) is 0 Å². The second-order valence-electron chi connectivity index (χ2n) is 7.99. The van der Waals surface area contributed by atoms with Crippen molar-refractivity contribution in [2.75, 3.05) is 5.32 Å². The minimum Gasteiger partial charge on any atom is -0.459 e. The summed E-state index contributed by atoms with van der Waals surface area (Å²) in [7, 11) is 0. The number of carbonyl (C=O) groups excluding carboxylic acids is 1. The summed E-state index contributed by atoms with van der Waals surface area (Å²) in [4.78, 5) is 12.7. The number of carbonyl (C=O) groups is 1. The maximum atomic E-state index is 14.1. The number of hydrogen-bond donors (Lipinski definition) is 1. The van der Waals surface area contributed by atoms with E-state index in [1.54, 1.807) is 13.8 Å². The minimum absolute atomic E-state index is 0.139. The van der Waals surface area contributed by atoms with E-state index in [1.165, 1.54) is 36.4 Å². The zero-order valence-electron chi connectivity index (χ0n) is 18.6. The van der Waals surface area contributed by atoms with Gasteiger partial charge in [-0.05, 0) is 66.1 Å². The van der Waals surface area contributed by atoms with Crippen molar-refractivity contribution in [2.24, 2.45) is 5.92 Å². The van der Waals surface area contributed by atoms with Gasteiger partial charge in [-0.2, -0.15) is 13.2 Å². The summed E-state index contributed by atoms with van der Waals surface area (Å²) in [5, 5.41) is 2.63. The molecule has 1 atom stereocenters. The first-order valence-corrected chi connectivity index (χ1v) is 10.8. The van der Waals surface area contributed by atoms with Gasteiger partial charge in [-0.1, -0.05) is 31.5 Å². The van der Waals surface area contributed by atoms with Crippen LogP contribution in [0.3, 0.4) is 0 Å². The summed E-state index contributed by atoms with van der Waals surface area (Å²) < 4.78 is 76.6. The van der Waals surface area contributed by atoms with Crippen molar-refractivity contribution in [1.29, 1.82) is 0 Å². The first-order chi connectivity index (χ1) is 16.4. The fourth-order valence-corrected chi connectivity index (χ4v) is 3.30. The number of rotatable bonds is 8. The van der Waals surface area contributed by atoms with Crippen molar-refractivity contribution in [2.45, 2.75) is 32.7 Å². The van der Waals surface area contributed by atoms with E-state index in [0.717, 1.165) is 24.3 Å². The number of anilines is 1. The predicted octanol–water partition coefficient (Wildman–Crippen LogP) is 7.61. The van der Waals surface area contributed by atoms with Crippen molar-refractivity contribution >= 4 is 23.3 Å². The van der Waals surface area contributed by atoms with Crippen molar-refractivity contribution in [3.05, 3.63) is 88.4 Å². The summed E-state index contributed by atoms with van der Waals surface area (Å²) in [5.74, 6) is -2.03. The lowest BCUT2D eigenvalue weighted by Crippen LogP contribution is -2.36. The number of alkyl halides is 3. The molecule has 0 amide bonds. The maximum Gasteiger partial charge on any atom is 0.416 e. The lowest BCUT2D eigenvalue weighted by Gasteiger charge is -2.23. The van der Waals surface area contributed by atoms with Gasteiger partial charge < -0.3 is 14.8 Å². The molecule has 0 saturated heterocycles. The van der Waals surface area contributed by atoms with E-state index in [9.17, 15) is 26.7 Å². The lowest BCUT2D eigenvalue weighted by atomic mass is 10.0. The Hall–Kier alpha value is -3.33. The molecule has 3 rings (SSSR count). The third-order valence-corrected chi connectivity index (χ3v) is 5.26. The molecule has 0 spiro atoms. The van der Waals surface area contributed by atoms with Gasteiger partial charge in [-0.15, -0.1) is 0 Å². The highest BCUT2D eigenvalue weighted by Crippen LogP contribution is 2.34. The van der Waals surface area contributed by atoms with E-state index in [0.29, 0.717) is 5.56 Å². The van der Waals surface area contributed by atoms with Crippen LogP contribution >= 0.6 is 11.6 Å². The van der Waals surface area contributed by atoms with Crippen molar-refractivity contribution in [3.8, 4) is 11.5 Å². The van der Waals surface area contributed by atoms with Gasteiger partial charge in [-0.3, -0.25) is 0 Å². The molecule has 0 aliphatic heterocycles. The Morgan fingerprint density at radius 2 is 1.69 bits per heavy atom. The normalized spacial score (nSPS) is 12.4. The van der Waals surface area contributed by atoms with Gasteiger partial charge in [0, 0.05) is 0 Å². The molecule has 1 unspecified atom stereocenters. The zero-order valence-corrected chi connectivity index (χ0v) is 19.4. The van der Waals surface area contributed by atoms with Gasteiger partial charge >= 0.3 is 12.1 Å². The molecule has 0 heterocycles. The summed E-state index contributed by atoms with van der Waals surface area (Å²) >= 11 is 5.98.